The Morgan fingerprint density at radius 1 is 1.16 bits per heavy atom. The van der Waals surface area contributed by atoms with Gasteiger partial charge >= 0.3 is 0 Å². The molecule has 1 aliphatic carbocycles. The molecule has 5 fully saturated rings. The number of likely N-dealkylation sites (tertiary alicyclic amines) is 1. The van der Waals surface area contributed by atoms with Crippen molar-refractivity contribution >= 4 is 11.3 Å². The van der Waals surface area contributed by atoms with Crippen molar-refractivity contribution < 1.29 is 14.9 Å². The first kappa shape index (κ1) is 23.9. The van der Waals surface area contributed by atoms with Crippen LogP contribution in [-0.4, -0.2) is 105 Å². The Bertz CT molecular complexity index is 1360. The van der Waals surface area contributed by atoms with Crippen LogP contribution in [0.4, 0.5) is 5.82 Å². The fourth-order valence-electron chi connectivity index (χ4n) is 6.75. The van der Waals surface area contributed by atoms with Gasteiger partial charge in [0, 0.05) is 80.5 Å². The summed E-state index contributed by atoms with van der Waals surface area (Å²) in [7, 11) is 0. The van der Waals surface area contributed by atoms with Crippen LogP contribution in [0.15, 0.2) is 36.8 Å². The van der Waals surface area contributed by atoms with Crippen molar-refractivity contribution in [2.45, 2.75) is 37.6 Å². The molecule has 0 amide bonds. The molecule has 4 unspecified atom stereocenters. The number of hydrogen-bond donors (Lipinski definition) is 2. The summed E-state index contributed by atoms with van der Waals surface area (Å²) in [5, 5.41) is 33.6. The Labute approximate surface area is 221 Å². The number of piperidine rings is 2. The minimum absolute atomic E-state index is 0.100. The molecular formula is C28H33N7O3. The van der Waals surface area contributed by atoms with Gasteiger partial charge in [-0.25, -0.2) is 9.50 Å². The van der Waals surface area contributed by atoms with E-state index in [0.29, 0.717) is 41.8 Å². The summed E-state index contributed by atoms with van der Waals surface area (Å²) < 4.78 is 7.85. The van der Waals surface area contributed by atoms with Gasteiger partial charge in [-0.1, -0.05) is 0 Å². The predicted octanol–water partition coefficient (Wildman–Crippen LogP) is 1.21. The lowest BCUT2D eigenvalue weighted by Gasteiger charge is -2.57. The van der Waals surface area contributed by atoms with E-state index in [9.17, 15) is 15.5 Å². The van der Waals surface area contributed by atoms with Crippen molar-refractivity contribution in [3.05, 3.63) is 42.4 Å². The van der Waals surface area contributed by atoms with Crippen LogP contribution < -0.4 is 9.64 Å². The molecule has 4 saturated heterocycles. The molecule has 7 heterocycles. The second-order valence-electron chi connectivity index (χ2n) is 11.4. The number of hydrogen-bond acceptors (Lipinski definition) is 9. The number of nitriles is 1. The van der Waals surface area contributed by atoms with Crippen LogP contribution in [0, 0.1) is 23.2 Å². The van der Waals surface area contributed by atoms with Crippen LogP contribution in [0.3, 0.4) is 0 Å². The predicted molar refractivity (Wildman–Crippen MR) is 141 cm³/mol. The molecule has 5 aliphatic rings. The molecule has 3 aromatic rings. The molecule has 3 aromatic heterocycles. The number of nitrogens with zero attached hydrogens (tertiary/aromatic N) is 7. The SMILES string of the molecule is C[C@H](O)CN1C2CC1CN(c1ccc(-c3cc(OCCN4CC5C(O)C5C4)cn4ncc(C#N)c34)cn1)C2. The minimum atomic E-state index is -0.303. The van der Waals surface area contributed by atoms with Crippen LogP contribution in [0.1, 0.15) is 18.9 Å². The number of anilines is 1. The Morgan fingerprint density at radius 2 is 1.95 bits per heavy atom. The van der Waals surface area contributed by atoms with E-state index in [1.165, 1.54) is 6.42 Å². The molecule has 38 heavy (non-hydrogen) atoms. The van der Waals surface area contributed by atoms with Crippen molar-refractivity contribution in [1.82, 2.24) is 24.4 Å². The van der Waals surface area contributed by atoms with Gasteiger partial charge in [0.05, 0.1) is 35.7 Å². The van der Waals surface area contributed by atoms with Crippen molar-refractivity contribution in [2.24, 2.45) is 11.8 Å². The van der Waals surface area contributed by atoms with Gasteiger partial charge in [-0.3, -0.25) is 9.80 Å². The molecule has 0 aromatic carbocycles. The van der Waals surface area contributed by atoms with Gasteiger partial charge in [0.1, 0.15) is 24.2 Å². The zero-order chi connectivity index (χ0) is 26.0. The molecule has 4 aliphatic heterocycles. The third-order valence-corrected chi connectivity index (χ3v) is 8.81. The van der Waals surface area contributed by atoms with Gasteiger partial charge < -0.3 is 19.8 Å². The quantitative estimate of drug-likeness (QED) is 0.457. The monoisotopic (exact) mass is 515 g/mol. The average molecular weight is 516 g/mol. The first-order chi connectivity index (χ1) is 18.5. The van der Waals surface area contributed by atoms with Crippen molar-refractivity contribution in [3.63, 3.8) is 0 Å². The number of fused-ring (bicyclic) bond motifs is 4. The minimum Gasteiger partial charge on any atom is -0.491 e. The summed E-state index contributed by atoms with van der Waals surface area (Å²) >= 11 is 0. The summed E-state index contributed by atoms with van der Waals surface area (Å²) in [5.74, 6) is 2.54. The van der Waals surface area contributed by atoms with Gasteiger partial charge in [0.2, 0.25) is 0 Å². The molecule has 0 spiro atoms. The standard InChI is InChI=1S/C28H33N7O3/c1-17(36)11-34-20-6-21(34)13-33(12-20)26-3-2-18(9-30-26)23-7-22(14-35-27(23)19(8-29)10-31-35)38-5-4-32-15-24-25(16-32)28(24)37/h2-3,7,9-10,14,17,20-21,24-25,28,36-37H,4-6,11-13,15-16H2,1H3/t17-,20?,21?,24?,25?,28?/m0/s1. The average Bonchev–Trinajstić information content (AvgIpc) is 3.28. The molecule has 8 rings (SSSR count). The maximum Gasteiger partial charge on any atom is 0.138 e. The number of aromatic nitrogens is 3. The molecule has 1 saturated carbocycles. The highest BCUT2D eigenvalue weighted by atomic mass is 16.5. The first-order valence-electron chi connectivity index (χ1n) is 13.6. The fraction of sp³-hybridized carbons (Fsp3) is 0.536. The summed E-state index contributed by atoms with van der Waals surface area (Å²) in [6, 6.07) is 9.29. The van der Waals surface area contributed by atoms with Crippen molar-refractivity contribution in [1.29, 1.82) is 5.26 Å². The third-order valence-electron chi connectivity index (χ3n) is 8.81. The van der Waals surface area contributed by atoms with Crippen LogP contribution in [0.25, 0.3) is 16.6 Å². The number of piperazine rings is 1. The summed E-state index contributed by atoms with van der Waals surface area (Å²) in [6.45, 7) is 7.68. The fourth-order valence-corrected chi connectivity index (χ4v) is 6.75. The molecule has 2 bridgehead atoms. The maximum absolute atomic E-state index is 9.78. The molecule has 5 atom stereocenters. The van der Waals surface area contributed by atoms with Crippen LogP contribution >= 0.6 is 0 Å². The largest absolute Gasteiger partial charge is 0.491 e. The van der Waals surface area contributed by atoms with E-state index in [1.807, 2.05) is 25.4 Å². The van der Waals surface area contributed by atoms with E-state index in [0.717, 1.165) is 61.7 Å². The lowest BCUT2D eigenvalue weighted by atomic mass is 9.87. The Morgan fingerprint density at radius 3 is 2.63 bits per heavy atom. The Kier molecular flexibility index (Phi) is 5.78. The van der Waals surface area contributed by atoms with Crippen LogP contribution in [0.2, 0.25) is 0 Å². The second-order valence-corrected chi connectivity index (χ2v) is 11.4. The third kappa shape index (κ3) is 4.10. The maximum atomic E-state index is 9.78. The van der Waals surface area contributed by atoms with Crippen molar-refractivity contribution in [3.8, 4) is 22.9 Å². The van der Waals surface area contributed by atoms with E-state index < -0.39 is 0 Å². The number of rotatable bonds is 8. The molecule has 10 nitrogen and oxygen atoms in total. The van der Waals surface area contributed by atoms with E-state index in [1.54, 1.807) is 10.7 Å². The van der Waals surface area contributed by atoms with Crippen molar-refractivity contribution in [2.75, 3.05) is 50.8 Å². The van der Waals surface area contributed by atoms with Gasteiger partial charge in [0.25, 0.3) is 0 Å². The number of ether oxygens (including phenoxy) is 1. The molecule has 198 valence electrons. The lowest BCUT2D eigenvalue weighted by molar-refractivity contribution is -0.0296. The summed E-state index contributed by atoms with van der Waals surface area (Å²) in [4.78, 5) is 11.9. The van der Waals surface area contributed by atoms with E-state index in [4.69, 9.17) is 9.72 Å². The van der Waals surface area contributed by atoms with Gasteiger partial charge in [-0.15, -0.1) is 0 Å². The summed E-state index contributed by atoms with van der Waals surface area (Å²) in [5.41, 5.74) is 3.04. The summed E-state index contributed by atoms with van der Waals surface area (Å²) in [6.07, 6.45) is 6.07. The highest BCUT2D eigenvalue weighted by Gasteiger charge is 2.54. The second kappa shape index (κ2) is 9.20. The normalized spacial score (nSPS) is 29.1. The van der Waals surface area contributed by atoms with Gasteiger partial charge in [0.15, 0.2) is 0 Å². The highest BCUT2D eigenvalue weighted by molar-refractivity contribution is 5.85. The van der Waals surface area contributed by atoms with Crippen LogP contribution in [-0.2, 0) is 0 Å². The highest BCUT2D eigenvalue weighted by Crippen LogP contribution is 2.45. The van der Waals surface area contributed by atoms with E-state index in [2.05, 4.69) is 38.0 Å². The zero-order valence-corrected chi connectivity index (χ0v) is 21.5. The number of pyridine rings is 2. The van der Waals surface area contributed by atoms with E-state index in [-0.39, 0.29) is 12.2 Å². The zero-order valence-electron chi connectivity index (χ0n) is 21.5. The molecule has 10 heteroatoms. The topological polar surface area (TPSA) is 113 Å². The Hall–Kier alpha value is -3.23. The molecule has 0 radical (unpaired) electrons. The van der Waals surface area contributed by atoms with Gasteiger partial charge in [-0.05, 0) is 31.5 Å². The first-order valence-corrected chi connectivity index (χ1v) is 13.6. The smallest absolute Gasteiger partial charge is 0.138 e. The number of aliphatic hydroxyl groups excluding tert-OH is 2. The number of aliphatic hydroxyl groups is 2. The Balaban J connectivity index is 1.08. The van der Waals surface area contributed by atoms with E-state index >= 15 is 0 Å². The molecule has 2 N–H and O–H groups in total. The van der Waals surface area contributed by atoms with Gasteiger partial charge in [-0.2, -0.15) is 10.4 Å². The lowest BCUT2D eigenvalue weighted by Crippen LogP contribution is -2.69. The molecular weight excluding hydrogens is 482 g/mol. The van der Waals surface area contributed by atoms with Crippen LogP contribution in [0.5, 0.6) is 5.75 Å².